The minimum absolute atomic E-state index is 0.128. The van der Waals surface area contributed by atoms with Crippen molar-refractivity contribution in [1.29, 1.82) is 0 Å². The lowest BCUT2D eigenvalue weighted by molar-refractivity contribution is -0.122. The summed E-state index contributed by atoms with van der Waals surface area (Å²) in [4.78, 5) is 11.5. The molecule has 1 aliphatic heterocycles. The van der Waals surface area contributed by atoms with Gasteiger partial charge in [0.1, 0.15) is 6.17 Å². The van der Waals surface area contributed by atoms with Gasteiger partial charge in [0.25, 0.3) is 0 Å². The zero-order valence-electron chi connectivity index (χ0n) is 10.3. The van der Waals surface area contributed by atoms with Crippen molar-refractivity contribution in [2.75, 3.05) is 13.2 Å². The summed E-state index contributed by atoms with van der Waals surface area (Å²) in [7, 11) is 0. The van der Waals surface area contributed by atoms with E-state index in [1.165, 1.54) is 0 Å². The smallest absolute Gasteiger partial charge is 0.223 e. The molecule has 0 aliphatic carbocycles. The Hall–Kier alpha value is 0.260. The maximum atomic E-state index is 11.5. The normalized spacial score (nSPS) is 21.9. The number of carbonyl (C=O) groups is 1. The standard InChI is InChI=1S/C11H19Cl3N2O2/c1-2-4-9(17)16-10(11(12,13)14)15-7-8-5-3-6-18-8/h8,10,15H,2-7H2,1H3,(H,16,17). The van der Waals surface area contributed by atoms with E-state index in [1.807, 2.05) is 6.92 Å². The van der Waals surface area contributed by atoms with Crippen LogP contribution in [0.4, 0.5) is 0 Å². The van der Waals surface area contributed by atoms with Gasteiger partial charge < -0.3 is 10.1 Å². The van der Waals surface area contributed by atoms with E-state index in [1.54, 1.807) is 0 Å². The Morgan fingerprint density at radius 2 is 2.22 bits per heavy atom. The molecule has 2 atom stereocenters. The fraction of sp³-hybridized carbons (Fsp3) is 0.909. The summed E-state index contributed by atoms with van der Waals surface area (Å²) in [5, 5.41) is 5.72. The Labute approximate surface area is 123 Å². The molecule has 106 valence electrons. The van der Waals surface area contributed by atoms with Crippen LogP contribution in [0.1, 0.15) is 32.6 Å². The first-order valence-electron chi connectivity index (χ1n) is 6.14. The Kier molecular flexibility index (Phi) is 7.03. The average molecular weight is 318 g/mol. The van der Waals surface area contributed by atoms with E-state index in [9.17, 15) is 4.79 Å². The predicted octanol–water partition coefficient (Wildman–Crippen LogP) is 2.37. The highest BCUT2D eigenvalue weighted by Gasteiger charge is 2.34. The van der Waals surface area contributed by atoms with Crippen molar-refractivity contribution in [3.63, 3.8) is 0 Å². The predicted molar refractivity (Wildman–Crippen MR) is 74.1 cm³/mol. The van der Waals surface area contributed by atoms with Crippen molar-refractivity contribution in [3.8, 4) is 0 Å². The number of nitrogens with one attached hydrogen (secondary N) is 2. The number of hydrogen-bond acceptors (Lipinski definition) is 3. The molecule has 0 aromatic carbocycles. The summed E-state index contributed by atoms with van der Waals surface area (Å²) in [6, 6.07) is 0. The number of hydrogen-bond donors (Lipinski definition) is 2. The SMILES string of the molecule is CCCC(=O)NC(NCC1CCCO1)C(Cl)(Cl)Cl. The molecule has 2 unspecified atom stereocenters. The van der Waals surface area contributed by atoms with Crippen molar-refractivity contribution >= 4 is 40.7 Å². The minimum atomic E-state index is -1.58. The molecule has 2 N–H and O–H groups in total. The average Bonchev–Trinajstić information content (AvgIpc) is 2.75. The van der Waals surface area contributed by atoms with Gasteiger partial charge in [-0.15, -0.1) is 0 Å². The largest absolute Gasteiger partial charge is 0.377 e. The minimum Gasteiger partial charge on any atom is -0.377 e. The van der Waals surface area contributed by atoms with Gasteiger partial charge in [0, 0.05) is 19.6 Å². The number of halogens is 3. The van der Waals surface area contributed by atoms with E-state index in [2.05, 4.69) is 10.6 Å². The number of rotatable bonds is 6. The summed E-state index contributed by atoms with van der Waals surface area (Å²) < 4.78 is 3.88. The first-order chi connectivity index (χ1) is 8.43. The number of carbonyl (C=O) groups excluding carboxylic acids is 1. The second-order valence-electron chi connectivity index (χ2n) is 4.34. The summed E-state index contributed by atoms with van der Waals surface area (Å²) in [6.07, 6.45) is 2.63. The van der Waals surface area contributed by atoms with Gasteiger partial charge in [0.15, 0.2) is 0 Å². The highest BCUT2D eigenvalue weighted by molar-refractivity contribution is 6.68. The lowest BCUT2D eigenvalue weighted by Gasteiger charge is -2.27. The Morgan fingerprint density at radius 3 is 2.72 bits per heavy atom. The number of ether oxygens (including phenoxy) is 1. The molecule has 0 aromatic heterocycles. The van der Waals surface area contributed by atoms with Crippen molar-refractivity contribution in [2.24, 2.45) is 0 Å². The molecule has 1 heterocycles. The van der Waals surface area contributed by atoms with Crippen LogP contribution in [-0.4, -0.2) is 35.1 Å². The van der Waals surface area contributed by atoms with Gasteiger partial charge >= 0.3 is 0 Å². The summed E-state index contributed by atoms with van der Waals surface area (Å²) >= 11 is 17.5. The second kappa shape index (κ2) is 7.75. The van der Waals surface area contributed by atoms with Gasteiger partial charge in [0.05, 0.1) is 6.10 Å². The number of alkyl halides is 3. The third-order valence-corrected chi connectivity index (χ3v) is 3.34. The molecule has 18 heavy (non-hydrogen) atoms. The molecule has 7 heteroatoms. The third kappa shape index (κ3) is 5.93. The first kappa shape index (κ1) is 16.3. The molecule has 0 aromatic rings. The molecular weight excluding hydrogens is 298 g/mol. The van der Waals surface area contributed by atoms with Crippen LogP contribution in [0.3, 0.4) is 0 Å². The van der Waals surface area contributed by atoms with Crippen molar-refractivity contribution in [1.82, 2.24) is 10.6 Å². The summed E-state index contributed by atoms with van der Waals surface area (Å²) in [5.41, 5.74) is 0. The summed E-state index contributed by atoms with van der Waals surface area (Å²) in [5.74, 6) is -0.131. The Balaban J connectivity index is 2.42. The van der Waals surface area contributed by atoms with Crippen LogP contribution < -0.4 is 10.6 Å². The molecule has 0 radical (unpaired) electrons. The molecule has 4 nitrogen and oxygen atoms in total. The van der Waals surface area contributed by atoms with Crippen LogP contribution in [0.2, 0.25) is 0 Å². The molecule has 0 spiro atoms. The fourth-order valence-corrected chi connectivity index (χ4v) is 2.16. The van der Waals surface area contributed by atoms with E-state index < -0.39 is 9.96 Å². The van der Waals surface area contributed by atoms with E-state index in [0.717, 1.165) is 25.9 Å². The van der Waals surface area contributed by atoms with Gasteiger partial charge in [-0.2, -0.15) is 0 Å². The first-order valence-corrected chi connectivity index (χ1v) is 7.28. The zero-order chi connectivity index (χ0) is 13.6. The third-order valence-electron chi connectivity index (χ3n) is 2.68. The molecule has 1 rings (SSSR count). The second-order valence-corrected chi connectivity index (χ2v) is 6.70. The van der Waals surface area contributed by atoms with Gasteiger partial charge in [0.2, 0.25) is 9.70 Å². The van der Waals surface area contributed by atoms with Crippen molar-refractivity contribution in [2.45, 2.75) is 48.7 Å². The maximum Gasteiger partial charge on any atom is 0.223 e. The van der Waals surface area contributed by atoms with E-state index in [-0.39, 0.29) is 12.0 Å². The zero-order valence-corrected chi connectivity index (χ0v) is 12.6. The van der Waals surface area contributed by atoms with Gasteiger partial charge in [-0.05, 0) is 19.3 Å². The molecule has 1 aliphatic rings. The lowest BCUT2D eigenvalue weighted by Crippen LogP contribution is -2.54. The fourth-order valence-electron chi connectivity index (χ4n) is 1.76. The van der Waals surface area contributed by atoms with Crippen LogP contribution in [-0.2, 0) is 9.53 Å². The Bertz CT molecular complexity index is 266. The van der Waals surface area contributed by atoms with Crippen LogP contribution in [0.15, 0.2) is 0 Å². The van der Waals surface area contributed by atoms with Gasteiger partial charge in [-0.25, -0.2) is 0 Å². The van der Waals surface area contributed by atoms with Crippen LogP contribution in [0.5, 0.6) is 0 Å². The van der Waals surface area contributed by atoms with E-state index >= 15 is 0 Å². The quantitative estimate of drug-likeness (QED) is 0.584. The molecule has 1 amide bonds. The van der Waals surface area contributed by atoms with E-state index in [0.29, 0.717) is 13.0 Å². The van der Waals surface area contributed by atoms with Crippen molar-refractivity contribution < 1.29 is 9.53 Å². The maximum absolute atomic E-state index is 11.5. The summed E-state index contributed by atoms with van der Waals surface area (Å²) in [6.45, 7) is 3.25. The molecule has 0 bridgehead atoms. The van der Waals surface area contributed by atoms with Crippen LogP contribution in [0, 0.1) is 0 Å². The van der Waals surface area contributed by atoms with Gasteiger partial charge in [-0.1, -0.05) is 41.7 Å². The highest BCUT2D eigenvalue weighted by atomic mass is 35.6. The molecule has 1 saturated heterocycles. The van der Waals surface area contributed by atoms with Crippen LogP contribution in [0.25, 0.3) is 0 Å². The van der Waals surface area contributed by atoms with E-state index in [4.69, 9.17) is 39.5 Å². The molecular formula is C11H19Cl3N2O2. The lowest BCUT2D eigenvalue weighted by atomic mass is 10.2. The highest BCUT2D eigenvalue weighted by Crippen LogP contribution is 2.29. The molecule has 1 fully saturated rings. The topological polar surface area (TPSA) is 50.4 Å². The van der Waals surface area contributed by atoms with Gasteiger partial charge in [-0.3, -0.25) is 10.1 Å². The monoisotopic (exact) mass is 316 g/mol. The molecule has 0 saturated carbocycles. The Morgan fingerprint density at radius 1 is 1.50 bits per heavy atom. The number of amides is 1. The van der Waals surface area contributed by atoms with Crippen LogP contribution >= 0.6 is 34.8 Å². The van der Waals surface area contributed by atoms with Crippen molar-refractivity contribution in [3.05, 3.63) is 0 Å².